The van der Waals surface area contributed by atoms with Crippen LogP contribution in [-0.4, -0.2) is 61.8 Å². The molecule has 2 N–H and O–H groups in total. The molecule has 2 fully saturated rings. The van der Waals surface area contributed by atoms with Gasteiger partial charge in [0.2, 0.25) is 0 Å². The molecule has 2 amide bonds. The number of methoxy groups -OCH3 is 1. The summed E-state index contributed by atoms with van der Waals surface area (Å²) < 4.78 is 10.7. The van der Waals surface area contributed by atoms with Gasteiger partial charge in [-0.1, -0.05) is 6.07 Å². The van der Waals surface area contributed by atoms with Gasteiger partial charge in [-0.3, -0.25) is 9.59 Å². The van der Waals surface area contributed by atoms with E-state index in [-0.39, 0.29) is 17.9 Å². The maximum absolute atomic E-state index is 13.0. The Kier molecular flexibility index (Phi) is 8.23. The van der Waals surface area contributed by atoms with Crippen LogP contribution in [0.2, 0.25) is 0 Å². The van der Waals surface area contributed by atoms with Crippen molar-refractivity contribution in [3.63, 3.8) is 0 Å². The van der Waals surface area contributed by atoms with Gasteiger partial charge in [0.15, 0.2) is 0 Å². The Bertz CT molecular complexity index is 1010. The van der Waals surface area contributed by atoms with Crippen molar-refractivity contribution in [1.29, 1.82) is 0 Å². The molecule has 0 saturated carbocycles. The van der Waals surface area contributed by atoms with E-state index in [1.54, 1.807) is 13.3 Å². The van der Waals surface area contributed by atoms with Crippen molar-refractivity contribution in [2.45, 2.75) is 64.1 Å². The number of fused-ring (bicyclic) bond motifs is 2. The molecule has 3 atom stereocenters. The summed E-state index contributed by atoms with van der Waals surface area (Å²) in [5.74, 6) is 1.46. The molecular formula is C27H36N4O4. The van der Waals surface area contributed by atoms with E-state index < -0.39 is 0 Å². The molecule has 0 spiro atoms. The van der Waals surface area contributed by atoms with Crippen LogP contribution in [-0.2, 0) is 4.74 Å². The topological polar surface area (TPSA) is 92.8 Å². The molecule has 0 radical (unpaired) electrons. The maximum Gasteiger partial charge on any atom is 0.252 e. The van der Waals surface area contributed by atoms with E-state index in [1.807, 2.05) is 44.2 Å². The molecule has 0 unspecified atom stereocenters. The van der Waals surface area contributed by atoms with Gasteiger partial charge >= 0.3 is 0 Å². The molecular weight excluding hydrogens is 444 g/mol. The molecule has 0 aliphatic carbocycles. The van der Waals surface area contributed by atoms with Crippen molar-refractivity contribution < 1.29 is 19.1 Å². The van der Waals surface area contributed by atoms with Gasteiger partial charge in [-0.25, -0.2) is 4.98 Å². The summed E-state index contributed by atoms with van der Waals surface area (Å²) in [5, 5.41) is 6.17. The number of benzene rings is 1. The largest absolute Gasteiger partial charge is 0.496 e. The summed E-state index contributed by atoms with van der Waals surface area (Å²) in [6, 6.07) is 10.1. The number of pyridine rings is 1. The molecule has 2 aromatic rings. The van der Waals surface area contributed by atoms with Crippen LogP contribution in [0.1, 0.15) is 65.3 Å². The minimum absolute atomic E-state index is 0.0472. The molecule has 2 aliphatic rings. The molecule has 35 heavy (non-hydrogen) atoms. The Morgan fingerprint density at radius 3 is 2.54 bits per heavy atom. The number of hydrogen-bond acceptors (Lipinski definition) is 6. The lowest BCUT2D eigenvalue weighted by molar-refractivity contribution is 0.0922. The SMILES string of the molecule is CCOCCCNC(=O)c1ccc(N2[C@@H]3CC[C@H]2C[C@@H](NC(=O)c2cccc(OC)c2C)C3)nc1. The van der Waals surface area contributed by atoms with Crippen LogP contribution in [0.5, 0.6) is 5.75 Å². The molecule has 188 valence electrons. The summed E-state index contributed by atoms with van der Waals surface area (Å²) in [4.78, 5) is 32.4. The number of anilines is 1. The number of piperidine rings is 1. The molecule has 8 heteroatoms. The third-order valence-corrected chi connectivity index (χ3v) is 7.05. The molecule has 3 heterocycles. The lowest BCUT2D eigenvalue weighted by atomic mass is 9.96. The van der Waals surface area contributed by atoms with Crippen molar-refractivity contribution in [3.8, 4) is 5.75 Å². The van der Waals surface area contributed by atoms with Crippen molar-refractivity contribution in [3.05, 3.63) is 53.2 Å². The number of aromatic nitrogens is 1. The third-order valence-electron chi connectivity index (χ3n) is 7.05. The highest BCUT2D eigenvalue weighted by Crippen LogP contribution is 2.38. The zero-order chi connectivity index (χ0) is 24.8. The summed E-state index contributed by atoms with van der Waals surface area (Å²) in [6.45, 7) is 5.79. The molecule has 1 aromatic carbocycles. The Labute approximate surface area is 207 Å². The number of carbonyl (C=O) groups is 2. The van der Waals surface area contributed by atoms with Gasteiger partial charge in [0, 0.05) is 55.2 Å². The number of carbonyl (C=O) groups excluding carboxylic acids is 2. The normalized spacial score (nSPS) is 21.0. The summed E-state index contributed by atoms with van der Waals surface area (Å²) >= 11 is 0. The van der Waals surface area contributed by atoms with Crippen LogP contribution in [0.25, 0.3) is 0 Å². The van der Waals surface area contributed by atoms with Crippen molar-refractivity contribution in [2.75, 3.05) is 31.8 Å². The zero-order valence-corrected chi connectivity index (χ0v) is 20.9. The van der Waals surface area contributed by atoms with Crippen molar-refractivity contribution in [2.24, 2.45) is 0 Å². The Morgan fingerprint density at radius 1 is 1.11 bits per heavy atom. The van der Waals surface area contributed by atoms with Crippen molar-refractivity contribution in [1.82, 2.24) is 15.6 Å². The second-order valence-electron chi connectivity index (χ2n) is 9.28. The first kappa shape index (κ1) is 25.0. The Hall–Kier alpha value is -3.13. The van der Waals surface area contributed by atoms with Crippen LogP contribution >= 0.6 is 0 Å². The minimum Gasteiger partial charge on any atom is -0.496 e. The van der Waals surface area contributed by atoms with Crippen molar-refractivity contribution >= 4 is 17.6 Å². The van der Waals surface area contributed by atoms with Gasteiger partial charge in [-0.15, -0.1) is 0 Å². The van der Waals surface area contributed by atoms with Crippen LogP contribution in [0.15, 0.2) is 36.5 Å². The summed E-state index contributed by atoms with van der Waals surface area (Å²) in [6.07, 6.45) is 6.38. The molecule has 2 aliphatic heterocycles. The lowest BCUT2D eigenvalue weighted by Gasteiger charge is -2.40. The first-order valence-corrected chi connectivity index (χ1v) is 12.6. The molecule has 4 rings (SSSR count). The maximum atomic E-state index is 13.0. The summed E-state index contributed by atoms with van der Waals surface area (Å²) in [7, 11) is 1.62. The van der Waals surface area contributed by atoms with Gasteiger partial charge < -0.3 is 25.0 Å². The minimum atomic E-state index is -0.113. The van der Waals surface area contributed by atoms with E-state index in [2.05, 4.69) is 20.5 Å². The van der Waals surface area contributed by atoms with E-state index in [0.717, 1.165) is 49.2 Å². The van der Waals surface area contributed by atoms with Gasteiger partial charge in [0.1, 0.15) is 11.6 Å². The number of amides is 2. The van der Waals surface area contributed by atoms with Crippen LogP contribution in [0.3, 0.4) is 0 Å². The highest BCUT2D eigenvalue weighted by molar-refractivity contribution is 5.96. The predicted octanol–water partition coefficient (Wildman–Crippen LogP) is 3.48. The second kappa shape index (κ2) is 11.5. The fraction of sp³-hybridized carbons (Fsp3) is 0.519. The Balaban J connectivity index is 1.33. The van der Waals surface area contributed by atoms with Crippen LogP contribution < -0.4 is 20.3 Å². The second-order valence-corrected chi connectivity index (χ2v) is 9.28. The predicted molar refractivity (Wildman–Crippen MR) is 135 cm³/mol. The molecule has 2 bridgehead atoms. The highest BCUT2D eigenvalue weighted by Gasteiger charge is 2.41. The molecule has 2 saturated heterocycles. The van der Waals surface area contributed by atoms with Gasteiger partial charge in [-0.2, -0.15) is 0 Å². The first-order valence-electron chi connectivity index (χ1n) is 12.6. The Morgan fingerprint density at radius 2 is 1.89 bits per heavy atom. The van der Waals surface area contributed by atoms with E-state index in [9.17, 15) is 9.59 Å². The monoisotopic (exact) mass is 480 g/mol. The number of rotatable bonds is 10. The van der Waals surface area contributed by atoms with Crippen LogP contribution in [0, 0.1) is 6.92 Å². The average Bonchev–Trinajstić information content (AvgIpc) is 3.14. The lowest BCUT2D eigenvalue weighted by Crippen LogP contribution is -2.50. The van der Waals surface area contributed by atoms with E-state index in [1.165, 1.54) is 0 Å². The van der Waals surface area contributed by atoms with Gasteiger partial charge in [-0.05, 0) is 70.2 Å². The first-order chi connectivity index (χ1) is 17.0. The average molecular weight is 481 g/mol. The van der Waals surface area contributed by atoms with Gasteiger partial charge in [0.25, 0.3) is 11.8 Å². The quantitative estimate of drug-likeness (QED) is 0.506. The molecule has 1 aromatic heterocycles. The number of nitrogens with zero attached hydrogens (tertiary/aromatic N) is 2. The fourth-order valence-electron chi connectivity index (χ4n) is 5.31. The third kappa shape index (κ3) is 5.75. The summed E-state index contributed by atoms with van der Waals surface area (Å²) in [5.41, 5.74) is 2.08. The number of nitrogens with one attached hydrogen (secondary N) is 2. The highest BCUT2D eigenvalue weighted by atomic mass is 16.5. The zero-order valence-electron chi connectivity index (χ0n) is 20.9. The smallest absolute Gasteiger partial charge is 0.252 e. The van der Waals surface area contributed by atoms with E-state index >= 15 is 0 Å². The number of ether oxygens (including phenoxy) is 2. The fourth-order valence-corrected chi connectivity index (χ4v) is 5.31. The van der Waals surface area contributed by atoms with Crippen LogP contribution in [0.4, 0.5) is 5.82 Å². The van der Waals surface area contributed by atoms with Gasteiger partial charge in [0.05, 0.1) is 12.7 Å². The molecule has 8 nitrogen and oxygen atoms in total. The standard InChI is InChI=1S/C27H36N4O4/c1-4-35-14-6-13-28-26(32)19-9-12-25(29-17-19)31-21-10-11-22(31)16-20(15-21)30-27(33)23-7-5-8-24(34-3)18(23)2/h5,7-9,12,17,20-22H,4,6,10-11,13-16H2,1-3H3,(H,28,32)(H,30,33)/t20-,21+,22-. The van der Waals surface area contributed by atoms with E-state index in [4.69, 9.17) is 9.47 Å². The van der Waals surface area contributed by atoms with E-state index in [0.29, 0.717) is 43.0 Å². The number of hydrogen-bond donors (Lipinski definition) is 2.